The number of piperidine rings is 1. The van der Waals surface area contributed by atoms with Crippen molar-refractivity contribution in [3.05, 3.63) is 59.2 Å². The third-order valence-electron chi connectivity index (χ3n) is 7.67. The van der Waals surface area contributed by atoms with Crippen molar-refractivity contribution in [2.24, 2.45) is 17.8 Å². The molecule has 3 nitrogen and oxygen atoms in total. The molecule has 0 aromatic heterocycles. The molecule has 1 aromatic carbocycles. The predicted molar refractivity (Wildman–Crippen MR) is 130 cm³/mol. The Morgan fingerprint density at radius 3 is 2.84 bits per heavy atom. The Morgan fingerprint density at radius 2 is 2.00 bits per heavy atom. The monoisotopic (exact) mass is 422 g/mol. The fraction of sp³-hybridized carbons (Fsp3) is 0.643. The minimum Gasteiger partial charge on any atom is -0.392 e. The van der Waals surface area contributed by atoms with E-state index in [1.54, 1.807) is 5.57 Å². The number of nitrogens with one attached hydrogen (secondary N) is 1. The molecular formula is C28H42N2O. The van der Waals surface area contributed by atoms with E-state index >= 15 is 0 Å². The summed E-state index contributed by atoms with van der Waals surface area (Å²) in [6.45, 7) is 8.15. The molecule has 2 N–H and O–H groups in total. The maximum atomic E-state index is 10.6. The summed E-state index contributed by atoms with van der Waals surface area (Å²) in [6, 6.07) is 8.80. The first-order valence-corrected chi connectivity index (χ1v) is 12.7. The number of benzene rings is 1. The molecule has 0 bridgehead atoms. The average molecular weight is 423 g/mol. The van der Waals surface area contributed by atoms with E-state index < -0.39 is 0 Å². The fourth-order valence-corrected chi connectivity index (χ4v) is 5.96. The first-order valence-electron chi connectivity index (χ1n) is 12.7. The van der Waals surface area contributed by atoms with Gasteiger partial charge < -0.3 is 15.3 Å². The number of allylic oxidation sites excluding steroid dienone is 2. The molecular weight excluding hydrogens is 380 g/mol. The molecule has 170 valence electrons. The standard InChI is InChI=1S/C28H42N2O/c1-22-8-7-10-23(18-22)9-3-4-11-26-27-20-24(19-25(27)21-28(26)31)12-13-29-14-17-30-15-5-2-6-16-30/h4,7-8,10-11,18-19,25-29,31H,2-3,5-6,9,12-17,20-21H2,1H3/t25-,26+,27-,28+/m0/s1. The smallest absolute Gasteiger partial charge is 0.0611 e. The average Bonchev–Trinajstić information content (AvgIpc) is 3.28. The van der Waals surface area contributed by atoms with Gasteiger partial charge in [-0.3, -0.25) is 0 Å². The van der Waals surface area contributed by atoms with Gasteiger partial charge in [0.25, 0.3) is 0 Å². The summed E-state index contributed by atoms with van der Waals surface area (Å²) in [5, 5.41) is 14.3. The molecule has 2 fully saturated rings. The van der Waals surface area contributed by atoms with Crippen molar-refractivity contribution >= 4 is 0 Å². The molecule has 0 spiro atoms. The lowest BCUT2D eigenvalue weighted by Gasteiger charge is -2.26. The molecule has 1 aliphatic heterocycles. The van der Waals surface area contributed by atoms with E-state index in [4.69, 9.17) is 0 Å². The van der Waals surface area contributed by atoms with Gasteiger partial charge in [-0.2, -0.15) is 0 Å². The molecule has 1 aromatic rings. The molecule has 0 amide bonds. The lowest BCUT2D eigenvalue weighted by molar-refractivity contribution is 0.141. The molecule has 4 atom stereocenters. The van der Waals surface area contributed by atoms with Crippen LogP contribution in [0.15, 0.2) is 48.1 Å². The SMILES string of the molecule is Cc1cccc(CCC=C[C@@H]2[C@H]3CC(CCNCCN4CCCCC4)=C[C@H]3C[C@H]2O)c1. The Bertz CT molecular complexity index is 749. The normalized spacial score (nSPS) is 28.9. The van der Waals surface area contributed by atoms with Crippen LogP contribution in [-0.4, -0.2) is 48.8 Å². The van der Waals surface area contributed by atoms with Gasteiger partial charge in [0.2, 0.25) is 0 Å². The Kier molecular flexibility index (Phi) is 8.40. The van der Waals surface area contributed by atoms with E-state index in [1.807, 2.05) is 0 Å². The summed E-state index contributed by atoms with van der Waals surface area (Å²) >= 11 is 0. The van der Waals surface area contributed by atoms with Crippen LogP contribution >= 0.6 is 0 Å². The fourth-order valence-electron chi connectivity index (χ4n) is 5.96. The summed E-state index contributed by atoms with van der Waals surface area (Å²) in [7, 11) is 0. The van der Waals surface area contributed by atoms with Crippen molar-refractivity contribution in [2.75, 3.05) is 32.7 Å². The summed E-state index contributed by atoms with van der Waals surface area (Å²) in [4.78, 5) is 2.60. The zero-order valence-corrected chi connectivity index (χ0v) is 19.4. The van der Waals surface area contributed by atoms with Crippen LogP contribution in [0.2, 0.25) is 0 Å². The summed E-state index contributed by atoms with van der Waals surface area (Å²) in [5.41, 5.74) is 4.36. The van der Waals surface area contributed by atoms with Gasteiger partial charge in [0.15, 0.2) is 0 Å². The zero-order chi connectivity index (χ0) is 21.5. The molecule has 1 saturated carbocycles. The highest BCUT2D eigenvalue weighted by Gasteiger charge is 2.43. The number of fused-ring (bicyclic) bond motifs is 1. The number of hydrogen-bond donors (Lipinski definition) is 2. The third kappa shape index (κ3) is 6.54. The van der Waals surface area contributed by atoms with Gasteiger partial charge in [0.1, 0.15) is 0 Å². The first-order chi connectivity index (χ1) is 15.2. The second-order valence-corrected chi connectivity index (χ2v) is 10.1. The van der Waals surface area contributed by atoms with Crippen LogP contribution in [-0.2, 0) is 6.42 Å². The molecule has 2 aliphatic carbocycles. The van der Waals surface area contributed by atoms with Crippen molar-refractivity contribution < 1.29 is 5.11 Å². The molecule has 3 heteroatoms. The number of aryl methyl sites for hydroxylation is 2. The highest BCUT2D eigenvalue weighted by atomic mass is 16.3. The van der Waals surface area contributed by atoms with Gasteiger partial charge >= 0.3 is 0 Å². The van der Waals surface area contributed by atoms with Crippen LogP contribution in [0.3, 0.4) is 0 Å². The topological polar surface area (TPSA) is 35.5 Å². The van der Waals surface area contributed by atoms with E-state index in [-0.39, 0.29) is 6.10 Å². The van der Waals surface area contributed by atoms with Gasteiger partial charge in [-0.15, -0.1) is 0 Å². The van der Waals surface area contributed by atoms with E-state index in [0.29, 0.717) is 17.8 Å². The largest absolute Gasteiger partial charge is 0.392 e. The lowest BCUT2D eigenvalue weighted by Crippen LogP contribution is -2.36. The molecule has 3 aliphatic rings. The van der Waals surface area contributed by atoms with Crippen LogP contribution in [0.5, 0.6) is 0 Å². The van der Waals surface area contributed by atoms with E-state index in [2.05, 4.69) is 59.6 Å². The molecule has 1 heterocycles. The zero-order valence-electron chi connectivity index (χ0n) is 19.4. The van der Waals surface area contributed by atoms with Crippen molar-refractivity contribution in [1.82, 2.24) is 10.2 Å². The highest BCUT2D eigenvalue weighted by Crippen LogP contribution is 2.47. The molecule has 0 unspecified atom stereocenters. The quantitative estimate of drug-likeness (QED) is 0.416. The van der Waals surface area contributed by atoms with Crippen molar-refractivity contribution in [2.45, 2.75) is 64.4 Å². The van der Waals surface area contributed by atoms with E-state index in [0.717, 1.165) is 32.4 Å². The maximum Gasteiger partial charge on any atom is 0.0611 e. The van der Waals surface area contributed by atoms with Gasteiger partial charge in [0.05, 0.1) is 6.10 Å². The van der Waals surface area contributed by atoms with Crippen molar-refractivity contribution in [3.8, 4) is 0 Å². The van der Waals surface area contributed by atoms with Gasteiger partial charge in [-0.25, -0.2) is 0 Å². The first kappa shape index (κ1) is 22.8. The van der Waals surface area contributed by atoms with Gasteiger partial charge in [-0.05, 0) is 88.9 Å². The van der Waals surface area contributed by atoms with E-state index in [1.165, 1.54) is 62.9 Å². The number of aliphatic hydroxyl groups excluding tert-OH is 1. The number of nitrogens with zero attached hydrogens (tertiary/aromatic N) is 1. The molecule has 0 radical (unpaired) electrons. The Labute approximate surface area is 189 Å². The molecule has 4 rings (SSSR count). The summed E-state index contributed by atoms with van der Waals surface area (Å²) < 4.78 is 0. The molecule has 31 heavy (non-hydrogen) atoms. The van der Waals surface area contributed by atoms with Crippen LogP contribution in [0.4, 0.5) is 0 Å². The van der Waals surface area contributed by atoms with E-state index in [9.17, 15) is 5.11 Å². The molecule has 1 saturated heterocycles. The number of likely N-dealkylation sites (tertiary alicyclic amines) is 1. The Hall–Kier alpha value is -1.42. The minimum atomic E-state index is -0.161. The number of rotatable bonds is 10. The lowest BCUT2D eigenvalue weighted by atomic mass is 9.89. The summed E-state index contributed by atoms with van der Waals surface area (Å²) in [6.07, 6.45) is 16.6. The van der Waals surface area contributed by atoms with Crippen LogP contribution in [0, 0.1) is 24.7 Å². The van der Waals surface area contributed by atoms with Gasteiger partial charge in [-0.1, -0.05) is 60.1 Å². The summed E-state index contributed by atoms with van der Waals surface area (Å²) in [5.74, 6) is 1.54. The number of aliphatic hydroxyl groups is 1. The van der Waals surface area contributed by atoms with Crippen molar-refractivity contribution in [1.29, 1.82) is 0 Å². The van der Waals surface area contributed by atoms with Crippen LogP contribution < -0.4 is 5.32 Å². The van der Waals surface area contributed by atoms with Crippen LogP contribution in [0.1, 0.15) is 56.1 Å². The Morgan fingerprint density at radius 1 is 1.13 bits per heavy atom. The predicted octanol–water partition coefficient (Wildman–Crippen LogP) is 4.89. The van der Waals surface area contributed by atoms with Crippen LogP contribution in [0.25, 0.3) is 0 Å². The van der Waals surface area contributed by atoms with Gasteiger partial charge in [0, 0.05) is 19.0 Å². The number of hydrogen-bond acceptors (Lipinski definition) is 3. The second kappa shape index (κ2) is 11.4. The van der Waals surface area contributed by atoms with Crippen molar-refractivity contribution in [3.63, 3.8) is 0 Å². The highest BCUT2D eigenvalue weighted by molar-refractivity contribution is 5.23. The Balaban J connectivity index is 1.16. The maximum absolute atomic E-state index is 10.6. The second-order valence-electron chi connectivity index (χ2n) is 10.1. The minimum absolute atomic E-state index is 0.161. The third-order valence-corrected chi connectivity index (χ3v) is 7.67.